The zero-order valence-electron chi connectivity index (χ0n) is 14.9. The van der Waals surface area contributed by atoms with E-state index in [0.717, 1.165) is 76.4 Å². The summed E-state index contributed by atoms with van der Waals surface area (Å²) in [6, 6.07) is 8.75. The summed E-state index contributed by atoms with van der Waals surface area (Å²) in [5.41, 5.74) is 2.14. The standard InChI is InChI=1S/C19H24FN5O/c20-16-1-3-18(4-2-16)24-9-7-23(8-10-24)15-17-5-6-21-19(22-17)25-11-13-26-14-12-25/h1-6H,7-15H2. The van der Waals surface area contributed by atoms with Crippen molar-refractivity contribution in [3.05, 3.63) is 48.0 Å². The van der Waals surface area contributed by atoms with Gasteiger partial charge < -0.3 is 14.5 Å². The van der Waals surface area contributed by atoms with Crippen molar-refractivity contribution in [3.8, 4) is 0 Å². The number of hydrogen-bond donors (Lipinski definition) is 0. The molecule has 26 heavy (non-hydrogen) atoms. The van der Waals surface area contributed by atoms with Crippen molar-refractivity contribution in [2.45, 2.75) is 6.54 Å². The van der Waals surface area contributed by atoms with Gasteiger partial charge >= 0.3 is 0 Å². The third kappa shape index (κ3) is 4.11. The molecule has 3 heterocycles. The van der Waals surface area contributed by atoms with Gasteiger partial charge in [0.25, 0.3) is 0 Å². The second kappa shape index (κ2) is 7.97. The summed E-state index contributed by atoms with van der Waals surface area (Å²) in [5, 5.41) is 0. The second-order valence-electron chi connectivity index (χ2n) is 6.69. The summed E-state index contributed by atoms with van der Waals surface area (Å²) in [6.45, 7) is 7.80. The van der Waals surface area contributed by atoms with Crippen molar-refractivity contribution in [3.63, 3.8) is 0 Å². The minimum absolute atomic E-state index is 0.188. The maximum Gasteiger partial charge on any atom is 0.225 e. The van der Waals surface area contributed by atoms with Gasteiger partial charge in [0.2, 0.25) is 5.95 Å². The van der Waals surface area contributed by atoms with Crippen LogP contribution in [0, 0.1) is 5.82 Å². The molecule has 6 nitrogen and oxygen atoms in total. The lowest BCUT2D eigenvalue weighted by Gasteiger charge is -2.36. The number of morpholine rings is 1. The highest BCUT2D eigenvalue weighted by Crippen LogP contribution is 2.18. The molecule has 0 radical (unpaired) electrons. The van der Waals surface area contributed by atoms with Crippen LogP contribution < -0.4 is 9.80 Å². The molecule has 0 spiro atoms. The van der Waals surface area contributed by atoms with Crippen LogP contribution in [0.3, 0.4) is 0 Å². The van der Waals surface area contributed by atoms with E-state index in [-0.39, 0.29) is 5.82 Å². The SMILES string of the molecule is Fc1ccc(N2CCN(Cc3ccnc(N4CCOCC4)n3)CC2)cc1. The molecule has 1 aromatic heterocycles. The van der Waals surface area contributed by atoms with Crippen molar-refractivity contribution in [1.82, 2.24) is 14.9 Å². The van der Waals surface area contributed by atoms with Crippen molar-refractivity contribution in [2.75, 3.05) is 62.3 Å². The molecular weight excluding hydrogens is 333 g/mol. The van der Waals surface area contributed by atoms with E-state index in [0.29, 0.717) is 0 Å². The molecule has 0 amide bonds. The van der Waals surface area contributed by atoms with Crippen LogP contribution in [0.2, 0.25) is 0 Å². The van der Waals surface area contributed by atoms with Crippen molar-refractivity contribution < 1.29 is 9.13 Å². The first-order valence-corrected chi connectivity index (χ1v) is 9.15. The van der Waals surface area contributed by atoms with E-state index in [4.69, 9.17) is 9.72 Å². The molecule has 2 aromatic rings. The quantitative estimate of drug-likeness (QED) is 0.831. The molecule has 1 aromatic carbocycles. The van der Waals surface area contributed by atoms with Gasteiger partial charge in [-0.3, -0.25) is 4.90 Å². The largest absolute Gasteiger partial charge is 0.378 e. The van der Waals surface area contributed by atoms with Gasteiger partial charge in [0.1, 0.15) is 5.82 Å². The highest BCUT2D eigenvalue weighted by Gasteiger charge is 2.19. The molecule has 2 aliphatic rings. The average Bonchev–Trinajstić information content (AvgIpc) is 2.70. The van der Waals surface area contributed by atoms with Crippen LogP contribution in [-0.4, -0.2) is 67.4 Å². The van der Waals surface area contributed by atoms with E-state index >= 15 is 0 Å². The predicted molar refractivity (Wildman–Crippen MR) is 99.0 cm³/mol. The topological polar surface area (TPSA) is 44.7 Å². The Labute approximate surface area is 153 Å². The van der Waals surface area contributed by atoms with E-state index in [2.05, 4.69) is 19.7 Å². The first kappa shape index (κ1) is 17.2. The number of piperazine rings is 1. The molecule has 0 N–H and O–H groups in total. The molecule has 0 unspecified atom stereocenters. The number of benzene rings is 1. The van der Waals surface area contributed by atoms with Gasteiger partial charge in [-0.1, -0.05) is 0 Å². The Hall–Kier alpha value is -2.25. The van der Waals surface area contributed by atoms with E-state index in [1.165, 1.54) is 12.1 Å². The highest BCUT2D eigenvalue weighted by atomic mass is 19.1. The third-order valence-electron chi connectivity index (χ3n) is 4.94. The normalized spacial score (nSPS) is 19.0. The van der Waals surface area contributed by atoms with Crippen LogP contribution in [0.5, 0.6) is 0 Å². The average molecular weight is 357 g/mol. The Morgan fingerprint density at radius 2 is 1.62 bits per heavy atom. The maximum atomic E-state index is 13.1. The number of aromatic nitrogens is 2. The third-order valence-corrected chi connectivity index (χ3v) is 4.94. The summed E-state index contributed by atoms with van der Waals surface area (Å²) in [4.78, 5) is 16.0. The van der Waals surface area contributed by atoms with Gasteiger partial charge in [-0.05, 0) is 30.3 Å². The number of nitrogens with zero attached hydrogens (tertiary/aromatic N) is 5. The van der Waals surface area contributed by atoms with Crippen molar-refractivity contribution in [1.29, 1.82) is 0 Å². The van der Waals surface area contributed by atoms with E-state index in [1.54, 1.807) is 0 Å². The second-order valence-corrected chi connectivity index (χ2v) is 6.69. The van der Waals surface area contributed by atoms with E-state index in [9.17, 15) is 4.39 Å². The van der Waals surface area contributed by atoms with E-state index < -0.39 is 0 Å². The Kier molecular flexibility index (Phi) is 5.26. The molecule has 2 saturated heterocycles. The number of ether oxygens (including phenoxy) is 1. The Morgan fingerprint density at radius 1 is 0.885 bits per heavy atom. The van der Waals surface area contributed by atoms with Crippen molar-refractivity contribution in [2.24, 2.45) is 0 Å². The zero-order valence-corrected chi connectivity index (χ0v) is 14.9. The fourth-order valence-corrected chi connectivity index (χ4v) is 3.43. The molecule has 2 aliphatic heterocycles. The summed E-state index contributed by atoms with van der Waals surface area (Å²) in [7, 11) is 0. The zero-order chi connectivity index (χ0) is 17.8. The molecule has 138 valence electrons. The molecule has 7 heteroatoms. The lowest BCUT2D eigenvalue weighted by molar-refractivity contribution is 0.122. The Bertz CT molecular complexity index is 712. The predicted octanol–water partition coefficient (Wildman–Crippen LogP) is 1.77. The number of hydrogen-bond acceptors (Lipinski definition) is 6. The molecule has 2 fully saturated rings. The summed E-state index contributed by atoms with van der Waals surface area (Å²) < 4.78 is 18.5. The van der Waals surface area contributed by atoms with Gasteiger partial charge in [0, 0.05) is 57.7 Å². The monoisotopic (exact) mass is 357 g/mol. The maximum absolute atomic E-state index is 13.1. The smallest absolute Gasteiger partial charge is 0.225 e. The first-order valence-electron chi connectivity index (χ1n) is 9.15. The van der Waals surface area contributed by atoms with Crippen LogP contribution in [0.25, 0.3) is 0 Å². The first-order chi connectivity index (χ1) is 12.8. The van der Waals surface area contributed by atoms with Gasteiger partial charge in [-0.25, -0.2) is 14.4 Å². The molecule has 0 bridgehead atoms. The number of anilines is 2. The van der Waals surface area contributed by atoms with Crippen LogP contribution in [0.1, 0.15) is 5.69 Å². The summed E-state index contributed by atoms with van der Waals surface area (Å²) in [5.74, 6) is 0.614. The van der Waals surface area contributed by atoms with Crippen LogP contribution >= 0.6 is 0 Å². The molecule has 0 aliphatic carbocycles. The van der Waals surface area contributed by atoms with Gasteiger partial charge in [0.05, 0.1) is 18.9 Å². The Balaban J connectivity index is 1.33. The molecular formula is C19H24FN5O. The Morgan fingerprint density at radius 3 is 2.35 bits per heavy atom. The van der Waals surface area contributed by atoms with Crippen molar-refractivity contribution >= 4 is 11.6 Å². The van der Waals surface area contributed by atoms with E-state index in [1.807, 2.05) is 24.4 Å². The van der Waals surface area contributed by atoms with Gasteiger partial charge in [-0.2, -0.15) is 0 Å². The fraction of sp³-hybridized carbons (Fsp3) is 0.474. The lowest BCUT2D eigenvalue weighted by Crippen LogP contribution is -2.46. The lowest BCUT2D eigenvalue weighted by atomic mass is 10.2. The van der Waals surface area contributed by atoms with Crippen LogP contribution in [0.4, 0.5) is 16.0 Å². The van der Waals surface area contributed by atoms with Crippen LogP contribution in [-0.2, 0) is 11.3 Å². The van der Waals surface area contributed by atoms with Crippen LogP contribution in [0.15, 0.2) is 36.5 Å². The highest BCUT2D eigenvalue weighted by molar-refractivity contribution is 5.46. The van der Waals surface area contributed by atoms with Gasteiger partial charge in [-0.15, -0.1) is 0 Å². The number of halogens is 1. The number of rotatable bonds is 4. The minimum Gasteiger partial charge on any atom is -0.378 e. The molecule has 0 atom stereocenters. The molecule has 0 saturated carbocycles. The van der Waals surface area contributed by atoms with Gasteiger partial charge in [0.15, 0.2) is 0 Å². The molecule has 4 rings (SSSR count). The summed E-state index contributed by atoms with van der Waals surface area (Å²) in [6.07, 6.45) is 1.85. The summed E-state index contributed by atoms with van der Waals surface area (Å²) >= 11 is 0. The minimum atomic E-state index is -0.188. The fourth-order valence-electron chi connectivity index (χ4n) is 3.43.